The molecule has 2 aromatic carbocycles. The van der Waals surface area contributed by atoms with E-state index in [0.29, 0.717) is 5.02 Å². The highest BCUT2D eigenvalue weighted by Crippen LogP contribution is 2.29. The van der Waals surface area contributed by atoms with Gasteiger partial charge in [-0.15, -0.1) is 0 Å². The fourth-order valence-corrected chi connectivity index (χ4v) is 2.24. The molecule has 2 aromatic rings. The lowest BCUT2D eigenvalue weighted by Gasteiger charge is -2.08. The van der Waals surface area contributed by atoms with Crippen LogP contribution in [0.1, 0.15) is 16.7 Å². The molecule has 0 saturated carbocycles. The summed E-state index contributed by atoms with van der Waals surface area (Å²) in [5.74, 6) is -1.63. The predicted molar refractivity (Wildman–Crippen MR) is 96.2 cm³/mol. The van der Waals surface area contributed by atoms with Crippen molar-refractivity contribution < 1.29 is 27.5 Å². The quantitative estimate of drug-likeness (QED) is 0.586. The van der Waals surface area contributed by atoms with Crippen molar-refractivity contribution in [2.75, 3.05) is 11.9 Å². The number of nitrogens with one attached hydrogen (secondary N) is 1. The molecule has 0 saturated heterocycles. The Morgan fingerprint density at radius 3 is 2.64 bits per heavy atom. The average molecular weight is 409 g/mol. The number of amides is 1. The molecule has 0 heterocycles. The standard InChI is InChI=1S/C19H12ClF3N2O3/c20-15-6-5-13(10-24)16(9-15)25-17(26)11-28-18(27)7-4-12-2-1-3-14(8-12)19(21,22)23/h1-9H,11H2,(H,25,26)/b7-4+. The van der Waals surface area contributed by atoms with Crippen LogP contribution in [0.5, 0.6) is 0 Å². The van der Waals surface area contributed by atoms with Crippen LogP contribution >= 0.6 is 11.6 Å². The van der Waals surface area contributed by atoms with E-state index in [1.165, 1.54) is 30.3 Å². The first-order valence-electron chi connectivity index (χ1n) is 7.70. The van der Waals surface area contributed by atoms with Gasteiger partial charge in [0.1, 0.15) is 6.07 Å². The Morgan fingerprint density at radius 2 is 1.96 bits per heavy atom. The molecule has 2 rings (SSSR count). The van der Waals surface area contributed by atoms with Crippen molar-refractivity contribution in [1.29, 1.82) is 5.26 Å². The first-order valence-corrected chi connectivity index (χ1v) is 8.08. The lowest BCUT2D eigenvalue weighted by atomic mass is 10.1. The summed E-state index contributed by atoms with van der Waals surface area (Å²) in [7, 11) is 0. The minimum Gasteiger partial charge on any atom is -0.452 e. The maximum absolute atomic E-state index is 12.6. The van der Waals surface area contributed by atoms with E-state index < -0.39 is 30.2 Å². The number of rotatable bonds is 5. The number of halogens is 4. The minimum absolute atomic E-state index is 0.147. The van der Waals surface area contributed by atoms with Crippen LogP contribution in [0.3, 0.4) is 0 Å². The molecule has 1 N–H and O–H groups in total. The summed E-state index contributed by atoms with van der Waals surface area (Å²) < 4.78 is 42.7. The van der Waals surface area contributed by atoms with Crippen LogP contribution in [0, 0.1) is 11.3 Å². The number of nitrogens with zero attached hydrogens (tertiary/aromatic N) is 1. The van der Waals surface area contributed by atoms with Crippen LogP contribution in [-0.4, -0.2) is 18.5 Å². The van der Waals surface area contributed by atoms with Crippen molar-refractivity contribution in [1.82, 2.24) is 0 Å². The molecule has 0 spiro atoms. The predicted octanol–water partition coefficient (Wildman–Crippen LogP) is 4.43. The van der Waals surface area contributed by atoms with E-state index in [4.69, 9.17) is 21.6 Å². The molecule has 0 aliphatic rings. The lowest BCUT2D eigenvalue weighted by molar-refractivity contribution is -0.142. The van der Waals surface area contributed by atoms with Gasteiger partial charge < -0.3 is 10.1 Å². The Hall–Kier alpha value is -3.31. The van der Waals surface area contributed by atoms with Gasteiger partial charge in [0.05, 0.1) is 16.8 Å². The number of esters is 1. The minimum atomic E-state index is -4.49. The van der Waals surface area contributed by atoms with E-state index in [-0.39, 0.29) is 16.8 Å². The van der Waals surface area contributed by atoms with E-state index in [1.807, 2.05) is 6.07 Å². The van der Waals surface area contributed by atoms with Gasteiger partial charge in [-0.3, -0.25) is 4.79 Å². The van der Waals surface area contributed by atoms with Gasteiger partial charge in [-0.1, -0.05) is 23.7 Å². The molecule has 0 aliphatic carbocycles. The molecule has 0 bridgehead atoms. The van der Waals surface area contributed by atoms with Gasteiger partial charge in [-0.05, 0) is 42.0 Å². The molecule has 1 amide bonds. The van der Waals surface area contributed by atoms with Crippen molar-refractivity contribution in [2.45, 2.75) is 6.18 Å². The van der Waals surface area contributed by atoms with Gasteiger partial charge in [-0.2, -0.15) is 18.4 Å². The number of hydrogen-bond donors (Lipinski definition) is 1. The number of ether oxygens (including phenoxy) is 1. The smallest absolute Gasteiger partial charge is 0.416 e. The summed E-state index contributed by atoms with van der Waals surface area (Å²) in [6.45, 7) is -0.650. The second-order valence-corrected chi connectivity index (χ2v) is 5.85. The average Bonchev–Trinajstić information content (AvgIpc) is 2.64. The van der Waals surface area contributed by atoms with E-state index in [1.54, 1.807) is 0 Å². The summed E-state index contributed by atoms with van der Waals surface area (Å²) >= 11 is 5.80. The number of hydrogen-bond acceptors (Lipinski definition) is 4. The normalized spacial score (nSPS) is 11.1. The third-order valence-corrected chi connectivity index (χ3v) is 3.58. The molecule has 28 heavy (non-hydrogen) atoms. The number of alkyl halides is 3. The molecule has 0 aromatic heterocycles. The second kappa shape index (κ2) is 9.06. The third kappa shape index (κ3) is 6.14. The van der Waals surface area contributed by atoms with Crippen LogP contribution in [0.25, 0.3) is 6.08 Å². The van der Waals surface area contributed by atoms with Gasteiger partial charge in [0.15, 0.2) is 6.61 Å². The van der Waals surface area contributed by atoms with E-state index in [0.717, 1.165) is 24.3 Å². The first kappa shape index (κ1) is 21.0. The Labute approximate surface area is 163 Å². The maximum Gasteiger partial charge on any atom is 0.416 e. The zero-order chi connectivity index (χ0) is 20.7. The highest BCUT2D eigenvalue weighted by atomic mass is 35.5. The molecule has 5 nitrogen and oxygen atoms in total. The SMILES string of the molecule is N#Cc1ccc(Cl)cc1NC(=O)COC(=O)/C=C/c1cccc(C(F)(F)F)c1. The molecule has 9 heteroatoms. The largest absolute Gasteiger partial charge is 0.452 e. The van der Waals surface area contributed by atoms with Crippen molar-refractivity contribution in [2.24, 2.45) is 0 Å². The van der Waals surface area contributed by atoms with Crippen LogP contribution in [-0.2, 0) is 20.5 Å². The fourth-order valence-electron chi connectivity index (χ4n) is 2.07. The van der Waals surface area contributed by atoms with Gasteiger partial charge in [-0.25, -0.2) is 4.79 Å². The highest BCUT2D eigenvalue weighted by Gasteiger charge is 2.30. The van der Waals surface area contributed by atoms with E-state index in [2.05, 4.69) is 5.32 Å². The summed E-state index contributed by atoms with van der Waals surface area (Å²) in [6.07, 6.45) is -2.45. The summed E-state index contributed by atoms with van der Waals surface area (Å²) in [5.41, 5.74) is -0.366. The number of carbonyl (C=O) groups is 2. The Kier molecular flexibility index (Phi) is 6.79. The van der Waals surface area contributed by atoms with Crippen molar-refractivity contribution in [3.8, 4) is 6.07 Å². The Morgan fingerprint density at radius 1 is 1.21 bits per heavy atom. The molecule has 0 radical (unpaired) electrons. The molecule has 0 unspecified atom stereocenters. The summed E-state index contributed by atoms with van der Waals surface area (Å²) in [5, 5.41) is 11.7. The first-order chi connectivity index (χ1) is 13.2. The Bertz CT molecular complexity index is 966. The van der Waals surface area contributed by atoms with Crippen molar-refractivity contribution >= 4 is 35.2 Å². The number of benzene rings is 2. The van der Waals surface area contributed by atoms with E-state index in [9.17, 15) is 22.8 Å². The number of carbonyl (C=O) groups excluding carboxylic acids is 2. The molecular weight excluding hydrogens is 397 g/mol. The van der Waals surface area contributed by atoms with E-state index >= 15 is 0 Å². The van der Waals surface area contributed by atoms with Crippen LogP contribution in [0.2, 0.25) is 5.02 Å². The third-order valence-electron chi connectivity index (χ3n) is 3.35. The van der Waals surface area contributed by atoms with Crippen LogP contribution in [0.4, 0.5) is 18.9 Å². The molecule has 144 valence electrons. The summed E-state index contributed by atoms with van der Waals surface area (Å²) in [4.78, 5) is 23.5. The maximum atomic E-state index is 12.6. The van der Waals surface area contributed by atoms with Gasteiger partial charge in [0, 0.05) is 11.1 Å². The monoisotopic (exact) mass is 408 g/mol. The second-order valence-electron chi connectivity index (χ2n) is 5.41. The van der Waals surface area contributed by atoms with Crippen molar-refractivity contribution in [3.05, 3.63) is 70.3 Å². The zero-order valence-corrected chi connectivity index (χ0v) is 14.8. The zero-order valence-electron chi connectivity index (χ0n) is 14.1. The molecular formula is C19H12ClF3N2O3. The van der Waals surface area contributed by atoms with Crippen LogP contribution < -0.4 is 5.32 Å². The van der Waals surface area contributed by atoms with Crippen molar-refractivity contribution in [3.63, 3.8) is 0 Å². The van der Waals surface area contributed by atoms with Gasteiger partial charge in [0.25, 0.3) is 5.91 Å². The highest BCUT2D eigenvalue weighted by molar-refractivity contribution is 6.31. The lowest BCUT2D eigenvalue weighted by Crippen LogP contribution is -2.20. The molecule has 0 fully saturated rings. The number of nitriles is 1. The topological polar surface area (TPSA) is 79.2 Å². The van der Waals surface area contributed by atoms with Crippen LogP contribution in [0.15, 0.2) is 48.5 Å². The fraction of sp³-hybridized carbons (Fsp3) is 0.105. The van der Waals surface area contributed by atoms with Gasteiger partial charge in [0.2, 0.25) is 0 Å². The summed E-state index contributed by atoms with van der Waals surface area (Å²) in [6, 6.07) is 10.5. The molecule has 0 aliphatic heterocycles. The molecule has 0 atom stereocenters. The Balaban J connectivity index is 1.92. The van der Waals surface area contributed by atoms with Gasteiger partial charge >= 0.3 is 12.1 Å². The number of anilines is 1.